The van der Waals surface area contributed by atoms with E-state index in [4.69, 9.17) is 4.74 Å². The monoisotopic (exact) mass is 1300 g/mol. The van der Waals surface area contributed by atoms with E-state index in [1.165, 1.54) is 430 Å². The van der Waals surface area contributed by atoms with Gasteiger partial charge in [0, 0.05) is 12.8 Å². The molecule has 2 atom stereocenters. The third kappa shape index (κ3) is 77.6. The average molecular weight is 1300 g/mol. The summed E-state index contributed by atoms with van der Waals surface area (Å²) in [5.74, 6) is 0.000131. The molecule has 0 rings (SSSR count). The Morgan fingerprint density at radius 2 is 0.511 bits per heavy atom. The third-order valence-electron chi connectivity index (χ3n) is 20.6. The number of hydrogen-bond donors (Lipinski definition) is 3. The average Bonchev–Trinajstić information content (AvgIpc) is 3.67. The highest BCUT2D eigenvalue weighted by atomic mass is 16.5. The van der Waals surface area contributed by atoms with Gasteiger partial charge in [0.1, 0.15) is 0 Å². The molecule has 0 saturated heterocycles. The third-order valence-corrected chi connectivity index (χ3v) is 20.6. The molecule has 0 heterocycles. The summed E-state index contributed by atoms with van der Waals surface area (Å²) in [4.78, 5) is 24.7. The molecule has 0 aromatic rings. The molecule has 1 amide bonds. The molecular weight excluding hydrogens is 1130 g/mol. The van der Waals surface area contributed by atoms with Crippen LogP contribution in [0.15, 0.2) is 12.2 Å². The lowest BCUT2D eigenvalue weighted by Gasteiger charge is -2.22. The van der Waals surface area contributed by atoms with E-state index in [2.05, 4.69) is 31.3 Å². The molecule has 92 heavy (non-hydrogen) atoms. The van der Waals surface area contributed by atoms with E-state index in [1.807, 2.05) is 0 Å². The number of ether oxygens (including phenoxy) is 1. The smallest absolute Gasteiger partial charge is 0.305 e. The zero-order valence-corrected chi connectivity index (χ0v) is 63.1. The number of esters is 1. The van der Waals surface area contributed by atoms with Crippen LogP contribution in [0.1, 0.15) is 502 Å². The van der Waals surface area contributed by atoms with Gasteiger partial charge in [0.15, 0.2) is 0 Å². The first-order valence-corrected chi connectivity index (χ1v) is 42.9. The molecule has 3 N–H and O–H groups in total. The van der Waals surface area contributed by atoms with Crippen LogP contribution in [0, 0.1) is 0 Å². The van der Waals surface area contributed by atoms with Crippen LogP contribution in [-0.4, -0.2) is 47.4 Å². The number of hydrogen-bond acceptors (Lipinski definition) is 5. The molecule has 2 unspecified atom stereocenters. The Labute approximate surface area is 578 Å². The van der Waals surface area contributed by atoms with E-state index in [-0.39, 0.29) is 18.5 Å². The Balaban J connectivity index is 3.33. The van der Waals surface area contributed by atoms with Gasteiger partial charge < -0.3 is 20.3 Å². The van der Waals surface area contributed by atoms with Crippen molar-refractivity contribution in [3.05, 3.63) is 12.2 Å². The Kier molecular flexibility index (Phi) is 80.8. The van der Waals surface area contributed by atoms with Gasteiger partial charge in [0.2, 0.25) is 5.91 Å². The van der Waals surface area contributed by atoms with Gasteiger partial charge in [-0.05, 0) is 51.4 Å². The molecule has 0 aliphatic carbocycles. The van der Waals surface area contributed by atoms with E-state index in [0.717, 1.165) is 38.5 Å². The highest BCUT2D eigenvalue weighted by Crippen LogP contribution is 2.21. The summed E-state index contributed by atoms with van der Waals surface area (Å²) < 4.78 is 5.50. The Morgan fingerprint density at radius 1 is 0.293 bits per heavy atom. The number of aliphatic hydroxyl groups is 2. The van der Waals surface area contributed by atoms with Crippen LogP contribution in [0.4, 0.5) is 0 Å². The summed E-state index contributed by atoms with van der Waals surface area (Å²) >= 11 is 0. The second-order valence-corrected chi connectivity index (χ2v) is 29.9. The number of unbranched alkanes of at least 4 members (excludes halogenated alkanes) is 69. The summed E-state index contributed by atoms with van der Waals surface area (Å²) in [6, 6.07) is -0.539. The second-order valence-electron chi connectivity index (χ2n) is 29.9. The summed E-state index contributed by atoms with van der Waals surface area (Å²) in [5, 5.41) is 23.5. The summed E-state index contributed by atoms with van der Waals surface area (Å²) in [6.45, 7) is 5.02. The van der Waals surface area contributed by atoms with Crippen molar-refractivity contribution in [1.29, 1.82) is 0 Å². The molecule has 0 radical (unpaired) electrons. The number of carbonyl (C=O) groups is 2. The van der Waals surface area contributed by atoms with Crippen molar-refractivity contribution >= 4 is 11.9 Å². The van der Waals surface area contributed by atoms with Crippen molar-refractivity contribution in [2.24, 2.45) is 0 Å². The molecule has 0 bridgehead atoms. The fourth-order valence-electron chi connectivity index (χ4n) is 14.1. The number of rotatable bonds is 82. The van der Waals surface area contributed by atoms with Gasteiger partial charge in [-0.25, -0.2) is 0 Å². The number of allylic oxidation sites excluding steroid dienone is 2. The van der Waals surface area contributed by atoms with Crippen LogP contribution in [-0.2, 0) is 14.3 Å². The number of nitrogens with one attached hydrogen (secondary N) is 1. The Bertz CT molecular complexity index is 1400. The van der Waals surface area contributed by atoms with Crippen molar-refractivity contribution in [2.45, 2.75) is 514 Å². The lowest BCUT2D eigenvalue weighted by Crippen LogP contribution is -2.45. The molecule has 0 fully saturated rings. The maximum atomic E-state index is 12.6. The van der Waals surface area contributed by atoms with E-state index in [1.54, 1.807) is 0 Å². The number of aliphatic hydroxyl groups excluding tert-OH is 2. The van der Waals surface area contributed by atoms with Gasteiger partial charge in [-0.3, -0.25) is 9.59 Å². The Morgan fingerprint density at radius 3 is 0.772 bits per heavy atom. The van der Waals surface area contributed by atoms with Crippen LogP contribution in [0.25, 0.3) is 0 Å². The minimum atomic E-state index is -0.663. The number of amides is 1. The van der Waals surface area contributed by atoms with Gasteiger partial charge in [-0.1, -0.05) is 450 Å². The molecular formula is C86H169NO5. The second kappa shape index (κ2) is 82.0. The fourth-order valence-corrected chi connectivity index (χ4v) is 14.1. The maximum Gasteiger partial charge on any atom is 0.305 e. The summed E-state index contributed by atoms with van der Waals surface area (Å²) in [7, 11) is 0. The Hall–Kier alpha value is -1.40. The highest BCUT2D eigenvalue weighted by Gasteiger charge is 2.20. The quantitative estimate of drug-likeness (QED) is 0.0320. The number of carbonyl (C=O) groups excluding carboxylic acids is 2. The van der Waals surface area contributed by atoms with E-state index >= 15 is 0 Å². The molecule has 0 spiro atoms. The van der Waals surface area contributed by atoms with Crippen molar-refractivity contribution in [3.8, 4) is 0 Å². The molecule has 0 saturated carbocycles. The summed E-state index contributed by atoms with van der Waals surface area (Å²) in [5.41, 5.74) is 0. The fraction of sp³-hybridized carbons (Fsp3) is 0.953. The van der Waals surface area contributed by atoms with Gasteiger partial charge in [-0.15, -0.1) is 0 Å². The molecule has 6 heteroatoms. The standard InChI is InChI=1S/C86H169NO5/c1-3-5-7-9-11-13-15-17-18-19-20-21-22-36-39-42-45-48-51-55-58-62-66-70-74-78-84(89)83(82-88)87-85(90)79-75-71-67-63-59-56-52-49-46-43-40-37-34-32-30-28-26-24-23-25-27-29-31-33-35-38-41-44-47-50-53-57-61-65-69-73-77-81-92-86(91)80-76-72-68-64-60-54-16-14-12-10-8-6-4-2/h23,25,83-84,88-89H,3-22,24,26-82H2,1-2H3,(H,87,90)/b25-23-. The first-order valence-electron chi connectivity index (χ1n) is 42.9. The first kappa shape index (κ1) is 90.6. The van der Waals surface area contributed by atoms with Crippen molar-refractivity contribution < 1.29 is 24.5 Å². The van der Waals surface area contributed by atoms with Crippen molar-refractivity contribution in [1.82, 2.24) is 5.32 Å². The van der Waals surface area contributed by atoms with Gasteiger partial charge in [0.05, 0.1) is 25.4 Å². The first-order chi connectivity index (χ1) is 45.5. The minimum Gasteiger partial charge on any atom is -0.466 e. The van der Waals surface area contributed by atoms with Crippen molar-refractivity contribution in [2.75, 3.05) is 13.2 Å². The normalized spacial score (nSPS) is 12.4. The zero-order valence-electron chi connectivity index (χ0n) is 63.1. The van der Waals surface area contributed by atoms with Gasteiger partial charge >= 0.3 is 5.97 Å². The van der Waals surface area contributed by atoms with Crippen LogP contribution in [0.2, 0.25) is 0 Å². The van der Waals surface area contributed by atoms with Gasteiger partial charge in [-0.2, -0.15) is 0 Å². The molecule has 548 valence electrons. The molecule has 6 nitrogen and oxygen atoms in total. The van der Waals surface area contributed by atoms with E-state index in [9.17, 15) is 19.8 Å². The topological polar surface area (TPSA) is 95.9 Å². The molecule has 0 aromatic heterocycles. The minimum absolute atomic E-state index is 0.0242. The molecule has 0 aromatic carbocycles. The van der Waals surface area contributed by atoms with Crippen LogP contribution >= 0.6 is 0 Å². The largest absolute Gasteiger partial charge is 0.466 e. The van der Waals surface area contributed by atoms with E-state index in [0.29, 0.717) is 25.9 Å². The lowest BCUT2D eigenvalue weighted by atomic mass is 10.0. The van der Waals surface area contributed by atoms with Gasteiger partial charge in [0.25, 0.3) is 0 Å². The molecule has 0 aliphatic heterocycles. The maximum absolute atomic E-state index is 12.6. The summed E-state index contributed by atoms with van der Waals surface area (Å²) in [6.07, 6.45) is 105. The SMILES string of the molecule is CCCCCCCCCCCCCCCCCCCCCCCCCCCC(O)C(CO)NC(=O)CCCCCCCCCCCCCCCCCCC/C=C\CCCCCCCCCCCCCCCCCCOC(=O)CCCCCCCCCCCCCCC. The van der Waals surface area contributed by atoms with Crippen molar-refractivity contribution in [3.63, 3.8) is 0 Å². The predicted octanol–water partition coefficient (Wildman–Crippen LogP) is 28.6. The van der Waals surface area contributed by atoms with E-state index < -0.39 is 12.1 Å². The van der Waals surface area contributed by atoms with Crippen LogP contribution in [0.5, 0.6) is 0 Å². The van der Waals surface area contributed by atoms with Crippen LogP contribution < -0.4 is 5.32 Å². The lowest BCUT2D eigenvalue weighted by molar-refractivity contribution is -0.143. The molecule has 0 aliphatic rings. The zero-order chi connectivity index (χ0) is 66.3. The van der Waals surface area contributed by atoms with Crippen LogP contribution in [0.3, 0.4) is 0 Å². The highest BCUT2D eigenvalue weighted by molar-refractivity contribution is 5.76. The predicted molar refractivity (Wildman–Crippen MR) is 407 cm³/mol.